The Morgan fingerprint density at radius 1 is 1.37 bits per heavy atom. The Balaban J connectivity index is 1.73. The van der Waals surface area contributed by atoms with E-state index in [2.05, 4.69) is 22.7 Å². The number of amides is 1. The highest BCUT2D eigenvalue weighted by molar-refractivity contribution is 5.71. The highest BCUT2D eigenvalue weighted by atomic mass is 16.6. The maximum atomic E-state index is 11.9. The number of hydrazone groups is 1. The van der Waals surface area contributed by atoms with Crippen molar-refractivity contribution in [1.82, 2.24) is 10.3 Å². The number of nitrogens with one attached hydrogen (secondary N) is 1. The minimum atomic E-state index is -0.240. The van der Waals surface area contributed by atoms with Gasteiger partial charge in [-0.25, -0.2) is 4.79 Å². The van der Waals surface area contributed by atoms with Crippen molar-refractivity contribution in [2.24, 2.45) is 5.10 Å². The minimum absolute atomic E-state index is 0.0475. The van der Waals surface area contributed by atoms with E-state index in [0.717, 1.165) is 19.3 Å². The summed E-state index contributed by atoms with van der Waals surface area (Å²) in [6.45, 7) is 0.454. The zero-order valence-electron chi connectivity index (χ0n) is 10.7. The molecule has 2 heterocycles. The van der Waals surface area contributed by atoms with Crippen LogP contribution >= 0.6 is 0 Å². The molecule has 2 atom stereocenters. The van der Waals surface area contributed by atoms with Crippen LogP contribution in [0.25, 0.3) is 0 Å². The van der Waals surface area contributed by atoms with Crippen molar-refractivity contribution in [1.29, 1.82) is 0 Å². The molecule has 1 amide bonds. The Kier molecular flexibility index (Phi) is 3.35. The molecule has 19 heavy (non-hydrogen) atoms. The van der Waals surface area contributed by atoms with Gasteiger partial charge < -0.3 is 4.74 Å². The van der Waals surface area contributed by atoms with Crippen molar-refractivity contribution in [3.8, 4) is 0 Å². The van der Waals surface area contributed by atoms with Crippen molar-refractivity contribution in [2.75, 3.05) is 6.61 Å². The van der Waals surface area contributed by atoms with Gasteiger partial charge in [0.1, 0.15) is 12.8 Å². The van der Waals surface area contributed by atoms with E-state index < -0.39 is 0 Å². The van der Waals surface area contributed by atoms with E-state index >= 15 is 0 Å². The molecule has 1 aromatic rings. The van der Waals surface area contributed by atoms with E-state index in [1.165, 1.54) is 5.56 Å². The summed E-state index contributed by atoms with van der Waals surface area (Å²) in [6, 6.07) is 10.3. The number of carbonyl (C=O) groups is 1. The van der Waals surface area contributed by atoms with E-state index in [1.807, 2.05) is 24.4 Å². The van der Waals surface area contributed by atoms with Crippen LogP contribution in [0.4, 0.5) is 4.79 Å². The molecule has 0 saturated carbocycles. The fourth-order valence-corrected chi connectivity index (χ4v) is 2.60. The predicted molar refractivity (Wildman–Crippen MR) is 71.8 cm³/mol. The number of ether oxygens (including phenoxy) is 1. The third kappa shape index (κ3) is 2.54. The number of benzene rings is 1. The zero-order valence-corrected chi connectivity index (χ0v) is 10.7. The summed E-state index contributed by atoms with van der Waals surface area (Å²) < 4.78 is 5.20. The van der Waals surface area contributed by atoms with Crippen molar-refractivity contribution >= 4 is 12.3 Å². The lowest BCUT2D eigenvalue weighted by Crippen LogP contribution is -2.50. The summed E-state index contributed by atoms with van der Waals surface area (Å²) in [4.78, 5) is 13.7. The van der Waals surface area contributed by atoms with E-state index in [4.69, 9.17) is 4.74 Å². The molecule has 0 bridgehead atoms. The molecular weight excluding hydrogens is 242 g/mol. The molecule has 1 fully saturated rings. The number of hydrogen-bond acceptors (Lipinski definition) is 4. The molecule has 1 aromatic carbocycles. The minimum Gasteiger partial charge on any atom is -0.447 e. The number of hydrogen-bond donors (Lipinski definition) is 1. The third-order valence-corrected chi connectivity index (χ3v) is 3.54. The van der Waals surface area contributed by atoms with Crippen molar-refractivity contribution in [3.63, 3.8) is 0 Å². The van der Waals surface area contributed by atoms with Crippen LogP contribution in [-0.4, -0.2) is 36.0 Å². The van der Waals surface area contributed by atoms with Gasteiger partial charge in [0.25, 0.3) is 0 Å². The van der Waals surface area contributed by atoms with Crippen LogP contribution in [0.3, 0.4) is 0 Å². The Morgan fingerprint density at radius 2 is 2.21 bits per heavy atom. The summed E-state index contributed by atoms with van der Waals surface area (Å²) in [7, 11) is 0. The normalized spacial score (nSPS) is 26.1. The van der Waals surface area contributed by atoms with E-state index in [-0.39, 0.29) is 18.3 Å². The monoisotopic (exact) mass is 259 g/mol. The van der Waals surface area contributed by atoms with Gasteiger partial charge in [0, 0.05) is 6.21 Å². The number of nitrogens with zero attached hydrogens (tertiary/aromatic N) is 2. The topological polar surface area (TPSA) is 53.9 Å². The Morgan fingerprint density at radius 3 is 2.95 bits per heavy atom. The maximum absolute atomic E-state index is 11.9. The number of cyclic esters (lactones) is 1. The highest BCUT2D eigenvalue weighted by Crippen LogP contribution is 2.21. The van der Waals surface area contributed by atoms with Gasteiger partial charge in [0.05, 0.1) is 6.04 Å². The first-order chi connectivity index (χ1) is 9.34. The molecule has 2 aliphatic heterocycles. The molecule has 0 spiro atoms. The lowest BCUT2D eigenvalue weighted by atomic mass is 10.0. The van der Waals surface area contributed by atoms with Gasteiger partial charge in [0.15, 0.2) is 0 Å². The van der Waals surface area contributed by atoms with E-state index in [1.54, 1.807) is 4.90 Å². The molecule has 1 saturated heterocycles. The molecule has 100 valence electrons. The van der Waals surface area contributed by atoms with Gasteiger partial charge in [-0.1, -0.05) is 30.3 Å². The van der Waals surface area contributed by atoms with Gasteiger partial charge in [0.2, 0.25) is 0 Å². The van der Waals surface area contributed by atoms with Crippen LogP contribution < -0.4 is 5.43 Å². The first-order valence-corrected chi connectivity index (χ1v) is 6.60. The molecule has 0 radical (unpaired) electrons. The predicted octanol–water partition coefficient (Wildman–Crippen LogP) is 1.75. The maximum Gasteiger partial charge on any atom is 0.411 e. The van der Waals surface area contributed by atoms with Crippen molar-refractivity contribution < 1.29 is 9.53 Å². The second-order valence-corrected chi connectivity index (χ2v) is 4.86. The van der Waals surface area contributed by atoms with Crippen LogP contribution in [-0.2, 0) is 11.2 Å². The first-order valence-electron chi connectivity index (χ1n) is 6.60. The molecule has 1 N–H and O–H groups in total. The molecule has 3 rings (SSSR count). The highest BCUT2D eigenvalue weighted by Gasteiger charge is 2.38. The van der Waals surface area contributed by atoms with Gasteiger partial charge in [-0.15, -0.1) is 0 Å². The van der Waals surface area contributed by atoms with Gasteiger partial charge >= 0.3 is 6.09 Å². The Hall–Kier alpha value is -2.04. The van der Waals surface area contributed by atoms with Gasteiger partial charge in [-0.3, -0.25) is 10.3 Å². The summed E-state index contributed by atoms with van der Waals surface area (Å²) >= 11 is 0. The average molecular weight is 259 g/mol. The van der Waals surface area contributed by atoms with Crippen LogP contribution in [0.2, 0.25) is 0 Å². The molecule has 2 unspecified atom stereocenters. The molecule has 5 nitrogen and oxygen atoms in total. The van der Waals surface area contributed by atoms with E-state index in [9.17, 15) is 4.79 Å². The van der Waals surface area contributed by atoms with Gasteiger partial charge in [-0.2, -0.15) is 5.10 Å². The van der Waals surface area contributed by atoms with Crippen LogP contribution in [0.5, 0.6) is 0 Å². The number of carbonyl (C=O) groups excluding carboxylic acids is 1. The van der Waals surface area contributed by atoms with E-state index in [0.29, 0.717) is 6.61 Å². The van der Waals surface area contributed by atoms with Crippen LogP contribution in [0, 0.1) is 0 Å². The Bertz CT molecular complexity index is 475. The quantitative estimate of drug-likeness (QED) is 0.899. The molecule has 0 aliphatic carbocycles. The SMILES string of the molecule is O=C1OCC(Cc2ccccc2)N1C1CCC=NN1. The third-order valence-electron chi connectivity index (χ3n) is 3.54. The summed E-state index contributed by atoms with van der Waals surface area (Å²) in [5.41, 5.74) is 4.22. The zero-order chi connectivity index (χ0) is 13.1. The average Bonchev–Trinajstić information content (AvgIpc) is 2.82. The lowest BCUT2D eigenvalue weighted by molar-refractivity contribution is 0.130. The molecule has 5 heteroatoms. The van der Waals surface area contributed by atoms with Crippen molar-refractivity contribution in [3.05, 3.63) is 35.9 Å². The largest absolute Gasteiger partial charge is 0.447 e. The fourth-order valence-electron chi connectivity index (χ4n) is 2.60. The summed E-state index contributed by atoms with van der Waals surface area (Å²) in [5.74, 6) is 0. The summed E-state index contributed by atoms with van der Waals surface area (Å²) in [5, 5.41) is 4.05. The van der Waals surface area contributed by atoms with Crippen LogP contribution in [0.15, 0.2) is 35.4 Å². The second-order valence-electron chi connectivity index (χ2n) is 4.86. The second kappa shape index (κ2) is 5.30. The lowest BCUT2D eigenvalue weighted by Gasteiger charge is -2.31. The standard InChI is InChI=1S/C14H17N3O2/c18-14-17(13-7-4-8-15-16-13)12(10-19-14)9-11-5-2-1-3-6-11/h1-3,5-6,8,12-13,16H,4,7,9-10H2. The molecule has 2 aliphatic rings. The molecule has 0 aromatic heterocycles. The first kappa shape index (κ1) is 12.0. The Labute approximate surface area is 112 Å². The fraction of sp³-hybridized carbons (Fsp3) is 0.429. The van der Waals surface area contributed by atoms with Crippen LogP contribution in [0.1, 0.15) is 18.4 Å². The smallest absolute Gasteiger partial charge is 0.411 e. The van der Waals surface area contributed by atoms with Crippen molar-refractivity contribution in [2.45, 2.75) is 31.5 Å². The number of rotatable bonds is 3. The van der Waals surface area contributed by atoms with Gasteiger partial charge in [-0.05, 0) is 24.8 Å². The summed E-state index contributed by atoms with van der Waals surface area (Å²) in [6.07, 6.45) is 4.13. The molecular formula is C14H17N3O2.